The lowest BCUT2D eigenvalue weighted by Crippen LogP contribution is -2.41. The SMILES string of the molecule is COc1ccc2c(c1)CC(C)CN2C(=O)c1cc2ccccc2oc1=O. The lowest BCUT2D eigenvalue weighted by atomic mass is 9.93. The zero-order valence-corrected chi connectivity index (χ0v) is 14.7. The molecule has 26 heavy (non-hydrogen) atoms. The molecule has 1 aromatic heterocycles. The second-order valence-electron chi connectivity index (χ2n) is 6.71. The Balaban J connectivity index is 1.80. The number of benzene rings is 2. The van der Waals surface area contributed by atoms with Crippen LogP contribution in [0.3, 0.4) is 0 Å². The van der Waals surface area contributed by atoms with Crippen molar-refractivity contribution in [2.45, 2.75) is 13.3 Å². The van der Waals surface area contributed by atoms with E-state index in [-0.39, 0.29) is 17.4 Å². The van der Waals surface area contributed by atoms with Gasteiger partial charge in [0.2, 0.25) is 0 Å². The van der Waals surface area contributed by atoms with Crippen LogP contribution in [0.2, 0.25) is 0 Å². The Labute approximate surface area is 150 Å². The van der Waals surface area contributed by atoms with Crippen molar-refractivity contribution in [3.8, 4) is 5.75 Å². The summed E-state index contributed by atoms with van der Waals surface area (Å²) in [7, 11) is 1.62. The van der Waals surface area contributed by atoms with Gasteiger partial charge in [-0.25, -0.2) is 4.79 Å². The third-order valence-corrected chi connectivity index (χ3v) is 4.76. The van der Waals surface area contributed by atoms with Gasteiger partial charge in [0.15, 0.2) is 0 Å². The van der Waals surface area contributed by atoms with Crippen molar-refractivity contribution in [2.75, 3.05) is 18.6 Å². The van der Waals surface area contributed by atoms with E-state index in [0.717, 1.165) is 28.8 Å². The molecule has 0 bridgehead atoms. The molecular weight excluding hydrogens is 330 g/mol. The minimum atomic E-state index is -0.609. The third kappa shape index (κ3) is 2.75. The summed E-state index contributed by atoms with van der Waals surface area (Å²) in [4.78, 5) is 27.2. The summed E-state index contributed by atoms with van der Waals surface area (Å²) in [6, 6.07) is 14.5. The number of hydrogen-bond donors (Lipinski definition) is 0. The first kappa shape index (κ1) is 16.4. The molecule has 2 heterocycles. The van der Waals surface area contributed by atoms with Crippen LogP contribution in [-0.2, 0) is 6.42 Å². The summed E-state index contributed by atoms with van der Waals surface area (Å²) in [5.41, 5.74) is 1.79. The van der Waals surface area contributed by atoms with Crippen molar-refractivity contribution in [1.82, 2.24) is 0 Å². The van der Waals surface area contributed by atoms with Gasteiger partial charge in [0.25, 0.3) is 5.91 Å². The van der Waals surface area contributed by atoms with E-state index < -0.39 is 5.63 Å². The molecular formula is C21H19NO4. The van der Waals surface area contributed by atoms with Crippen LogP contribution < -0.4 is 15.3 Å². The number of carbonyl (C=O) groups is 1. The average molecular weight is 349 g/mol. The predicted molar refractivity (Wildman–Crippen MR) is 100 cm³/mol. The zero-order valence-electron chi connectivity index (χ0n) is 14.7. The number of para-hydroxylation sites is 1. The van der Waals surface area contributed by atoms with E-state index in [4.69, 9.17) is 9.15 Å². The van der Waals surface area contributed by atoms with Crippen molar-refractivity contribution >= 4 is 22.6 Å². The summed E-state index contributed by atoms with van der Waals surface area (Å²) in [6.45, 7) is 2.65. The molecule has 4 rings (SSSR count). The number of anilines is 1. The van der Waals surface area contributed by atoms with Gasteiger partial charge in [0.05, 0.1) is 7.11 Å². The molecule has 0 spiro atoms. The molecule has 1 atom stereocenters. The molecule has 2 aromatic carbocycles. The summed E-state index contributed by atoms with van der Waals surface area (Å²) >= 11 is 0. The fourth-order valence-electron chi connectivity index (χ4n) is 3.51. The summed E-state index contributed by atoms with van der Waals surface area (Å²) in [5, 5.41) is 0.732. The standard InChI is InChI=1S/C21H19NO4/c1-13-9-15-10-16(25-2)7-8-18(15)22(12-13)20(23)17-11-14-5-3-4-6-19(14)26-21(17)24/h3-8,10-11,13H,9,12H2,1-2H3. The molecule has 5 nitrogen and oxygen atoms in total. The first-order valence-corrected chi connectivity index (χ1v) is 8.58. The average Bonchev–Trinajstić information content (AvgIpc) is 2.65. The second kappa shape index (κ2) is 6.33. The third-order valence-electron chi connectivity index (χ3n) is 4.76. The highest BCUT2D eigenvalue weighted by Crippen LogP contribution is 2.33. The van der Waals surface area contributed by atoms with Gasteiger partial charge in [-0.2, -0.15) is 0 Å². The largest absolute Gasteiger partial charge is 0.497 e. The van der Waals surface area contributed by atoms with E-state index in [9.17, 15) is 9.59 Å². The number of methoxy groups -OCH3 is 1. The maximum Gasteiger partial charge on any atom is 0.349 e. The van der Waals surface area contributed by atoms with Gasteiger partial charge < -0.3 is 14.1 Å². The molecule has 0 N–H and O–H groups in total. The predicted octanol–water partition coefficient (Wildman–Crippen LogP) is 3.64. The second-order valence-corrected chi connectivity index (χ2v) is 6.71. The van der Waals surface area contributed by atoms with Crippen LogP contribution in [0, 0.1) is 5.92 Å². The molecule has 1 aliphatic heterocycles. The smallest absolute Gasteiger partial charge is 0.349 e. The van der Waals surface area contributed by atoms with Gasteiger partial charge in [-0.05, 0) is 48.2 Å². The molecule has 0 radical (unpaired) electrons. The Bertz CT molecular complexity index is 1050. The van der Waals surface area contributed by atoms with Gasteiger partial charge >= 0.3 is 5.63 Å². The van der Waals surface area contributed by atoms with E-state index in [1.165, 1.54) is 0 Å². The summed E-state index contributed by atoms with van der Waals surface area (Å²) < 4.78 is 10.6. The number of hydrogen-bond acceptors (Lipinski definition) is 4. The molecule has 0 aliphatic carbocycles. The van der Waals surface area contributed by atoms with Crippen LogP contribution in [0.5, 0.6) is 5.75 Å². The van der Waals surface area contributed by atoms with Gasteiger partial charge in [-0.15, -0.1) is 0 Å². The quantitative estimate of drug-likeness (QED) is 0.663. The van der Waals surface area contributed by atoms with Crippen molar-refractivity contribution in [1.29, 1.82) is 0 Å². The van der Waals surface area contributed by atoms with Crippen LogP contribution in [0.1, 0.15) is 22.8 Å². The number of fused-ring (bicyclic) bond motifs is 2. The Kier molecular flexibility index (Phi) is 3.99. The molecule has 5 heteroatoms. The van der Waals surface area contributed by atoms with E-state index in [0.29, 0.717) is 12.1 Å². The van der Waals surface area contributed by atoms with Crippen LogP contribution in [0.4, 0.5) is 5.69 Å². The first-order chi connectivity index (χ1) is 12.6. The Morgan fingerprint density at radius 1 is 1.19 bits per heavy atom. The normalized spacial score (nSPS) is 16.4. The monoisotopic (exact) mass is 349 g/mol. The molecule has 0 saturated carbocycles. The van der Waals surface area contributed by atoms with Crippen molar-refractivity contribution in [3.63, 3.8) is 0 Å². The highest BCUT2D eigenvalue weighted by Gasteiger charge is 2.29. The number of rotatable bonds is 2. The maximum atomic E-state index is 13.2. The van der Waals surface area contributed by atoms with Crippen molar-refractivity contribution in [2.24, 2.45) is 5.92 Å². The Hall–Kier alpha value is -3.08. The first-order valence-electron chi connectivity index (χ1n) is 8.58. The van der Waals surface area contributed by atoms with Crippen molar-refractivity contribution in [3.05, 3.63) is 70.1 Å². The van der Waals surface area contributed by atoms with Crippen molar-refractivity contribution < 1.29 is 13.9 Å². The van der Waals surface area contributed by atoms with Gasteiger partial charge in [0.1, 0.15) is 16.9 Å². The lowest BCUT2D eigenvalue weighted by Gasteiger charge is -2.33. The molecule has 1 amide bonds. The zero-order chi connectivity index (χ0) is 18.3. The molecule has 1 unspecified atom stereocenters. The highest BCUT2D eigenvalue weighted by atomic mass is 16.5. The number of carbonyl (C=O) groups excluding carboxylic acids is 1. The van der Waals surface area contributed by atoms with Gasteiger partial charge in [-0.1, -0.05) is 25.1 Å². The minimum absolute atomic E-state index is 0.0552. The minimum Gasteiger partial charge on any atom is -0.497 e. The highest BCUT2D eigenvalue weighted by molar-refractivity contribution is 6.07. The number of nitrogens with zero attached hydrogens (tertiary/aromatic N) is 1. The number of amides is 1. The van der Waals surface area contributed by atoms with E-state index in [1.807, 2.05) is 30.3 Å². The van der Waals surface area contributed by atoms with Crippen LogP contribution in [0.15, 0.2) is 57.7 Å². The summed E-state index contributed by atoms with van der Waals surface area (Å²) in [6.07, 6.45) is 0.864. The summed E-state index contributed by atoms with van der Waals surface area (Å²) in [5.74, 6) is 0.712. The molecule has 0 fully saturated rings. The number of ether oxygens (including phenoxy) is 1. The Morgan fingerprint density at radius 2 is 2.00 bits per heavy atom. The molecule has 1 aliphatic rings. The molecule has 132 valence electrons. The molecule has 0 saturated heterocycles. The fraction of sp³-hybridized carbons (Fsp3) is 0.238. The molecule has 3 aromatic rings. The van der Waals surface area contributed by atoms with Crippen LogP contribution >= 0.6 is 0 Å². The van der Waals surface area contributed by atoms with E-state index in [2.05, 4.69) is 6.92 Å². The van der Waals surface area contributed by atoms with E-state index >= 15 is 0 Å². The van der Waals surface area contributed by atoms with Gasteiger partial charge in [0, 0.05) is 17.6 Å². The van der Waals surface area contributed by atoms with Gasteiger partial charge in [-0.3, -0.25) is 4.79 Å². The topological polar surface area (TPSA) is 59.8 Å². The maximum absolute atomic E-state index is 13.2. The lowest BCUT2D eigenvalue weighted by molar-refractivity contribution is 0.0977. The fourth-order valence-corrected chi connectivity index (χ4v) is 3.51. The Morgan fingerprint density at radius 3 is 2.81 bits per heavy atom. The van der Waals surface area contributed by atoms with Crippen LogP contribution in [-0.4, -0.2) is 19.6 Å². The van der Waals surface area contributed by atoms with Crippen LogP contribution in [0.25, 0.3) is 11.0 Å². The van der Waals surface area contributed by atoms with E-state index in [1.54, 1.807) is 30.2 Å².